The topological polar surface area (TPSA) is 26.3 Å². The first-order chi connectivity index (χ1) is 9.93. The molecule has 0 N–H and O–H groups in total. The lowest BCUT2D eigenvalue weighted by Crippen LogP contribution is -2.09. The van der Waals surface area contributed by atoms with Crippen molar-refractivity contribution in [3.05, 3.63) is 62.6 Å². The molecular weight excluding hydrogens is 307 g/mol. The van der Waals surface area contributed by atoms with Crippen LogP contribution in [0.5, 0.6) is 5.75 Å². The van der Waals surface area contributed by atoms with E-state index in [1.54, 1.807) is 25.3 Å². The van der Waals surface area contributed by atoms with Crippen molar-refractivity contribution in [2.75, 3.05) is 7.11 Å². The van der Waals surface area contributed by atoms with Crippen LogP contribution in [-0.4, -0.2) is 12.9 Å². The summed E-state index contributed by atoms with van der Waals surface area (Å²) >= 11 is 12.3. The minimum absolute atomic E-state index is 0.0562. The van der Waals surface area contributed by atoms with Gasteiger partial charge in [0.15, 0.2) is 5.78 Å². The summed E-state index contributed by atoms with van der Waals surface area (Å²) in [5.41, 5.74) is 3.17. The molecule has 2 nitrogen and oxygen atoms in total. The molecule has 0 amide bonds. The van der Waals surface area contributed by atoms with Crippen molar-refractivity contribution in [2.45, 2.75) is 20.3 Å². The number of ketones is 1. The van der Waals surface area contributed by atoms with Crippen molar-refractivity contribution in [2.24, 2.45) is 0 Å². The summed E-state index contributed by atoms with van der Waals surface area (Å²) in [6.45, 7) is 3.87. The van der Waals surface area contributed by atoms with Crippen LogP contribution in [0.25, 0.3) is 0 Å². The molecule has 0 radical (unpaired) electrons. The first-order valence-corrected chi connectivity index (χ1v) is 7.31. The highest BCUT2D eigenvalue weighted by atomic mass is 35.5. The van der Waals surface area contributed by atoms with Crippen molar-refractivity contribution in [3.63, 3.8) is 0 Å². The number of Topliss-reactive ketones (excluding diaryl/α,β-unsaturated/α-hetero) is 1. The molecule has 0 saturated carbocycles. The number of rotatable bonds is 4. The quantitative estimate of drug-likeness (QED) is 0.737. The zero-order valence-corrected chi connectivity index (χ0v) is 13.7. The summed E-state index contributed by atoms with van der Waals surface area (Å²) in [5, 5.41) is 0.999. The molecule has 0 atom stereocenters. The van der Waals surface area contributed by atoms with Crippen molar-refractivity contribution in [1.82, 2.24) is 0 Å². The number of hydrogen-bond acceptors (Lipinski definition) is 2. The molecule has 0 bridgehead atoms. The monoisotopic (exact) mass is 322 g/mol. The lowest BCUT2D eigenvalue weighted by molar-refractivity contribution is 0.0989. The second-order valence-electron chi connectivity index (χ2n) is 4.96. The van der Waals surface area contributed by atoms with Gasteiger partial charge in [-0.2, -0.15) is 0 Å². The summed E-state index contributed by atoms with van der Waals surface area (Å²) in [7, 11) is 1.56. The van der Waals surface area contributed by atoms with Gasteiger partial charge in [-0.3, -0.25) is 4.79 Å². The van der Waals surface area contributed by atoms with Crippen LogP contribution in [0.15, 0.2) is 30.3 Å². The van der Waals surface area contributed by atoms with Gasteiger partial charge in [0.05, 0.1) is 12.7 Å². The molecule has 2 rings (SSSR count). The molecule has 0 aliphatic heterocycles. The number of ether oxygens (including phenoxy) is 1. The third-order valence-electron chi connectivity index (χ3n) is 3.34. The van der Waals surface area contributed by atoms with E-state index in [-0.39, 0.29) is 12.2 Å². The number of hydrogen-bond donors (Lipinski definition) is 0. The maximum atomic E-state index is 12.6. The summed E-state index contributed by atoms with van der Waals surface area (Å²) < 4.78 is 5.34. The minimum Gasteiger partial charge on any atom is -0.496 e. The minimum atomic E-state index is -0.0562. The highest BCUT2D eigenvalue weighted by molar-refractivity contribution is 6.36. The van der Waals surface area contributed by atoms with Crippen LogP contribution < -0.4 is 4.74 Å². The number of carbonyl (C=O) groups excluding carboxylic acids is 1. The molecule has 0 heterocycles. The van der Waals surface area contributed by atoms with Crippen LogP contribution >= 0.6 is 23.2 Å². The molecule has 0 aliphatic rings. The first kappa shape index (κ1) is 15.9. The van der Waals surface area contributed by atoms with Crippen LogP contribution in [0.3, 0.4) is 0 Å². The Balaban J connectivity index is 2.42. The average Bonchev–Trinajstić information content (AvgIpc) is 2.41. The van der Waals surface area contributed by atoms with Crippen molar-refractivity contribution in [1.29, 1.82) is 0 Å². The molecule has 0 aromatic heterocycles. The van der Waals surface area contributed by atoms with E-state index < -0.39 is 0 Å². The van der Waals surface area contributed by atoms with Crippen molar-refractivity contribution in [3.8, 4) is 5.75 Å². The number of methoxy groups -OCH3 is 1. The Hall–Kier alpha value is -1.51. The predicted octanol–water partition coefficient (Wildman–Crippen LogP) is 5.04. The van der Waals surface area contributed by atoms with Crippen molar-refractivity contribution >= 4 is 29.0 Å². The number of aryl methyl sites for hydroxylation is 2. The van der Waals surface area contributed by atoms with Gasteiger partial charge < -0.3 is 4.74 Å². The standard InChI is InChI=1S/C17H16Cl2O2/c1-10-7-11(2)17(16(8-10)21-3)15(20)9-12-13(18)5-4-6-14(12)19/h4-8H,9H2,1-3H3. The Kier molecular flexibility index (Phi) is 4.92. The van der Waals surface area contributed by atoms with Gasteiger partial charge in [-0.25, -0.2) is 0 Å². The number of carbonyl (C=O) groups is 1. The fraction of sp³-hybridized carbons (Fsp3) is 0.235. The van der Waals surface area contributed by atoms with Crippen molar-refractivity contribution < 1.29 is 9.53 Å². The van der Waals surface area contributed by atoms with Gasteiger partial charge in [0.2, 0.25) is 0 Å². The molecular formula is C17H16Cl2O2. The highest BCUT2D eigenvalue weighted by Crippen LogP contribution is 2.29. The zero-order valence-electron chi connectivity index (χ0n) is 12.2. The number of halogens is 2. The fourth-order valence-electron chi connectivity index (χ4n) is 2.40. The van der Waals surface area contributed by atoms with Gasteiger partial charge in [0.1, 0.15) is 5.75 Å². The lowest BCUT2D eigenvalue weighted by Gasteiger charge is -2.13. The first-order valence-electron chi connectivity index (χ1n) is 6.55. The van der Waals surface area contributed by atoms with E-state index in [9.17, 15) is 4.79 Å². The Bertz CT molecular complexity index is 673. The van der Waals surface area contributed by atoms with Crippen LogP contribution in [0.1, 0.15) is 27.0 Å². The van der Waals surface area contributed by atoms with Gasteiger partial charge in [-0.05, 0) is 48.7 Å². The third kappa shape index (κ3) is 3.39. The van der Waals surface area contributed by atoms with Crippen LogP contribution in [0, 0.1) is 13.8 Å². The van der Waals surface area contributed by atoms with E-state index in [1.165, 1.54) is 0 Å². The molecule has 110 valence electrons. The molecule has 4 heteroatoms. The normalized spacial score (nSPS) is 10.5. The second-order valence-corrected chi connectivity index (χ2v) is 5.77. The summed E-state index contributed by atoms with van der Waals surface area (Å²) in [6.07, 6.45) is 0.152. The van der Waals surface area contributed by atoms with E-state index in [0.717, 1.165) is 11.1 Å². The fourth-order valence-corrected chi connectivity index (χ4v) is 2.93. The van der Waals surface area contributed by atoms with Crippen LogP contribution in [0.2, 0.25) is 10.0 Å². The van der Waals surface area contributed by atoms with Gasteiger partial charge in [0, 0.05) is 16.5 Å². The Labute approximate surface area is 134 Å². The molecule has 0 spiro atoms. The highest BCUT2D eigenvalue weighted by Gasteiger charge is 2.18. The second kappa shape index (κ2) is 6.50. The van der Waals surface area contributed by atoms with E-state index in [2.05, 4.69) is 0 Å². The summed E-state index contributed by atoms with van der Waals surface area (Å²) in [6, 6.07) is 9.04. The van der Waals surface area contributed by atoms with Gasteiger partial charge >= 0.3 is 0 Å². The molecule has 0 unspecified atom stereocenters. The third-order valence-corrected chi connectivity index (χ3v) is 4.05. The largest absolute Gasteiger partial charge is 0.496 e. The molecule has 0 saturated heterocycles. The van der Waals surface area contributed by atoms with Gasteiger partial charge in [0.25, 0.3) is 0 Å². The van der Waals surface area contributed by atoms with Crippen LogP contribution in [-0.2, 0) is 6.42 Å². The zero-order chi connectivity index (χ0) is 15.6. The van der Waals surface area contributed by atoms with Gasteiger partial charge in [-0.15, -0.1) is 0 Å². The maximum absolute atomic E-state index is 12.6. The van der Waals surface area contributed by atoms with E-state index in [0.29, 0.717) is 26.9 Å². The molecule has 2 aromatic carbocycles. The van der Waals surface area contributed by atoms with E-state index >= 15 is 0 Å². The molecule has 21 heavy (non-hydrogen) atoms. The molecule has 2 aromatic rings. The predicted molar refractivity (Wildman–Crippen MR) is 87.0 cm³/mol. The molecule has 0 aliphatic carbocycles. The van der Waals surface area contributed by atoms with Crippen LogP contribution in [0.4, 0.5) is 0 Å². The molecule has 0 fully saturated rings. The Morgan fingerprint density at radius 1 is 1.14 bits per heavy atom. The summed E-state index contributed by atoms with van der Waals surface area (Å²) in [4.78, 5) is 12.6. The Morgan fingerprint density at radius 3 is 2.33 bits per heavy atom. The summed E-state index contributed by atoms with van der Waals surface area (Å²) in [5.74, 6) is 0.528. The Morgan fingerprint density at radius 2 is 1.76 bits per heavy atom. The average molecular weight is 323 g/mol. The number of benzene rings is 2. The van der Waals surface area contributed by atoms with E-state index in [1.807, 2.05) is 26.0 Å². The lowest BCUT2D eigenvalue weighted by atomic mass is 9.96. The maximum Gasteiger partial charge on any atom is 0.171 e. The SMILES string of the molecule is COc1cc(C)cc(C)c1C(=O)Cc1c(Cl)cccc1Cl. The van der Waals surface area contributed by atoms with E-state index in [4.69, 9.17) is 27.9 Å². The van der Waals surface area contributed by atoms with Gasteiger partial charge in [-0.1, -0.05) is 35.3 Å². The smallest absolute Gasteiger partial charge is 0.171 e.